The molecule has 0 heterocycles. The van der Waals surface area contributed by atoms with E-state index in [1.165, 1.54) is 6.92 Å². The van der Waals surface area contributed by atoms with Crippen LogP contribution in [0, 0.1) is 0 Å². The molecule has 0 aliphatic heterocycles. The SMILES string of the molecule is CC(=O)c1c(OCc2ccccc2)cc(OCc2ccccc2)cc1OC(=O)c1ccc(OCc2ccccc2)cc1. The number of esters is 1. The van der Waals surface area contributed by atoms with Crippen molar-refractivity contribution in [1.82, 2.24) is 0 Å². The lowest BCUT2D eigenvalue weighted by molar-refractivity contribution is 0.0731. The number of rotatable bonds is 12. The van der Waals surface area contributed by atoms with E-state index in [0.717, 1.165) is 16.7 Å². The van der Waals surface area contributed by atoms with E-state index in [2.05, 4.69) is 0 Å². The first kappa shape index (κ1) is 28.2. The van der Waals surface area contributed by atoms with E-state index < -0.39 is 5.97 Å². The molecule has 0 N–H and O–H groups in total. The van der Waals surface area contributed by atoms with Gasteiger partial charge in [0.15, 0.2) is 5.78 Å². The van der Waals surface area contributed by atoms with Gasteiger partial charge in [-0.05, 0) is 47.9 Å². The third-order valence-electron chi connectivity index (χ3n) is 6.42. The number of hydrogen-bond acceptors (Lipinski definition) is 6. The van der Waals surface area contributed by atoms with Crippen molar-refractivity contribution in [3.63, 3.8) is 0 Å². The normalized spacial score (nSPS) is 10.5. The molecule has 0 bridgehead atoms. The van der Waals surface area contributed by atoms with Gasteiger partial charge in [-0.1, -0.05) is 91.0 Å². The molecule has 0 saturated heterocycles. The molecule has 0 unspecified atom stereocenters. The predicted molar refractivity (Wildman–Crippen MR) is 160 cm³/mol. The number of carbonyl (C=O) groups excluding carboxylic acids is 2. The van der Waals surface area contributed by atoms with Gasteiger partial charge in [0.25, 0.3) is 0 Å². The van der Waals surface area contributed by atoms with Crippen LogP contribution in [0.15, 0.2) is 127 Å². The van der Waals surface area contributed by atoms with Crippen LogP contribution in [0.2, 0.25) is 0 Å². The number of Topliss-reactive ketones (excluding diaryl/α,β-unsaturated/α-hetero) is 1. The lowest BCUT2D eigenvalue weighted by atomic mass is 10.1. The summed E-state index contributed by atoms with van der Waals surface area (Å²) >= 11 is 0. The van der Waals surface area contributed by atoms with Crippen LogP contribution >= 0.6 is 0 Å². The van der Waals surface area contributed by atoms with Crippen LogP contribution in [0.5, 0.6) is 23.0 Å². The molecule has 5 aromatic carbocycles. The zero-order valence-corrected chi connectivity index (χ0v) is 23.2. The van der Waals surface area contributed by atoms with Gasteiger partial charge in [0.2, 0.25) is 0 Å². The molecule has 5 aromatic rings. The van der Waals surface area contributed by atoms with Crippen LogP contribution in [0.3, 0.4) is 0 Å². The zero-order valence-electron chi connectivity index (χ0n) is 23.2. The van der Waals surface area contributed by atoms with E-state index >= 15 is 0 Å². The van der Waals surface area contributed by atoms with Crippen molar-refractivity contribution in [3.8, 4) is 23.0 Å². The van der Waals surface area contributed by atoms with Crippen molar-refractivity contribution in [1.29, 1.82) is 0 Å². The highest BCUT2D eigenvalue weighted by molar-refractivity contribution is 6.01. The Labute approximate surface area is 245 Å². The molecule has 6 heteroatoms. The Hall–Kier alpha value is -5.36. The standard InChI is InChI=1S/C36H30O6/c1-26(37)35-33(41-25-29-15-9-4-10-16-29)21-32(40-24-28-13-7-3-8-14-28)22-34(35)42-36(38)30-17-19-31(20-18-30)39-23-27-11-5-2-6-12-27/h2-22H,23-25H2,1H3. The molecule has 42 heavy (non-hydrogen) atoms. The molecular weight excluding hydrogens is 528 g/mol. The average Bonchev–Trinajstić information content (AvgIpc) is 3.03. The fraction of sp³-hybridized carbons (Fsp3) is 0.111. The molecule has 0 fully saturated rings. The molecule has 6 nitrogen and oxygen atoms in total. The minimum absolute atomic E-state index is 0.0607. The molecule has 0 amide bonds. The molecule has 5 rings (SSSR count). The minimum atomic E-state index is -0.624. The first-order chi connectivity index (χ1) is 20.5. The molecule has 0 spiro atoms. The number of carbonyl (C=O) groups is 2. The fourth-order valence-corrected chi connectivity index (χ4v) is 4.25. The summed E-state index contributed by atoms with van der Waals surface area (Å²) in [6.45, 7) is 2.33. The van der Waals surface area contributed by atoms with Crippen molar-refractivity contribution < 1.29 is 28.5 Å². The largest absolute Gasteiger partial charge is 0.489 e. The van der Waals surface area contributed by atoms with E-state index in [-0.39, 0.29) is 36.1 Å². The van der Waals surface area contributed by atoms with Gasteiger partial charge < -0.3 is 18.9 Å². The van der Waals surface area contributed by atoms with Crippen LogP contribution in [-0.2, 0) is 19.8 Å². The van der Waals surface area contributed by atoms with Gasteiger partial charge in [-0.2, -0.15) is 0 Å². The van der Waals surface area contributed by atoms with E-state index in [9.17, 15) is 9.59 Å². The third kappa shape index (κ3) is 7.64. The summed E-state index contributed by atoms with van der Waals surface area (Å²) in [6, 6.07) is 39.0. The minimum Gasteiger partial charge on any atom is -0.489 e. The van der Waals surface area contributed by atoms with Crippen LogP contribution in [0.4, 0.5) is 0 Å². The zero-order chi connectivity index (χ0) is 29.1. The summed E-state index contributed by atoms with van der Waals surface area (Å²) in [5.41, 5.74) is 3.40. The van der Waals surface area contributed by atoms with E-state index in [1.54, 1.807) is 36.4 Å². The number of hydrogen-bond donors (Lipinski definition) is 0. The summed E-state index contributed by atoms with van der Waals surface area (Å²) in [4.78, 5) is 26.0. The summed E-state index contributed by atoms with van der Waals surface area (Å²) in [6.07, 6.45) is 0. The van der Waals surface area contributed by atoms with Crippen molar-refractivity contribution in [2.24, 2.45) is 0 Å². The highest BCUT2D eigenvalue weighted by Crippen LogP contribution is 2.36. The maximum Gasteiger partial charge on any atom is 0.343 e. The van der Waals surface area contributed by atoms with Gasteiger partial charge in [0.05, 0.1) is 5.56 Å². The first-order valence-electron chi connectivity index (χ1n) is 13.6. The Kier molecular flexibility index (Phi) is 9.27. The molecule has 0 saturated carbocycles. The first-order valence-corrected chi connectivity index (χ1v) is 13.6. The van der Waals surface area contributed by atoms with Gasteiger partial charge >= 0.3 is 5.97 Å². The second-order valence-corrected chi connectivity index (χ2v) is 9.59. The highest BCUT2D eigenvalue weighted by atomic mass is 16.5. The topological polar surface area (TPSA) is 71.1 Å². The van der Waals surface area contributed by atoms with E-state index in [0.29, 0.717) is 23.7 Å². The second-order valence-electron chi connectivity index (χ2n) is 9.59. The number of ketones is 1. The monoisotopic (exact) mass is 558 g/mol. The van der Waals surface area contributed by atoms with Gasteiger partial charge in [-0.25, -0.2) is 4.79 Å². The lowest BCUT2D eigenvalue weighted by Gasteiger charge is -2.17. The second kappa shape index (κ2) is 13.8. The maximum atomic E-state index is 13.2. The maximum absolute atomic E-state index is 13.2. The lowest BCUT2D eigenvalue weighted by Crippen LogP contribution is -2.12. The molecular formula is C36H30O6. The Morgan fingerprint density at radius 3 is 1.48 bits per heavy atom. The predicted octanol–water partition coefficient (Wildman–Crippen LogP) is 7.85. The molecule has 0 aliphatic rings. The smallest absolute Gasteiger partial charge is 0.343 e. The van der Waals surface area contributed by atoms with Crippen LogP contribution < -0.4 is 18.9 Å². The average molecular weight is 559 g/mol. The van der Waals surface area contributed by atoms with Crippen LogP contribution in [-0.4, -0.2) is 11.8 Å². The summed E-state index contributed by atoms with van der Waals surface area (Å²) < 4.78 is 23.7. The quantitative estimate of drug-likeness (QED) is 0.0882. The highest BCUT2D eigenvalue weighted by Gasteiger charge is 2.22. The van der Waals surface area contributed by atoms with Gasteiger partial charge in [-0.3, -0.25) is 4.79 Å². The van der Waals surface area contributed by atoms with Crippen LogP contribution in [0.1, 0.15) is 44.3 Å². The van der Waals surface area contributed by atoms with Gasteiger partial charge in [-0.15, -0.1) is 0 Å². The summed E-state index contributed by atoms with van der Waals surface area (Å²) in [5, 5.41) is 0. The Morgan fingerprint density at radius 2 is 0.976 bits per heavy atom. The van der Waals surface area contributed by atoms with Crippen molar-refractivity contribution in [3.05, 3.63) is 155 Å². The summed E-state index contributed by atoms with van der Waals surface area (Å²) in [5.74, 6) is 0.420. The number of benzene rings is 5. The molecule has 0 aromatic heterocycles. The Morgan fingerprint density at radius 1 is 0.524 bits per heavy atom. The van der Waals surface area contributed by atoms with Crippen molar-refractivity contribution in [2.75, 3.05) is 0 Å². The Balaban J connectivity index is 1.37. The molecule has 210 valence electrons. The third-order valence-corrected chi connectivity index (χ3v) is 6.42. The fourth-order valence-electron chi connectivity index (χ4n) is 4.25. The Bertz CT molecular complexity index is 1620. The van der Waals surface area contributed by atoms with Gasteiger partial charge in [0, 0.05) is 12.1 Å². The van der Waals surface area contributed by atoms with Crippen molar-refractivity contribution >= 4 is 11.8 Å². The van der Waals surface area contributed by atoms with Crippen molar-refractivity contribution in [2.45, 2.75) is 26.7 Å². The number of ether oxygens (including phenoxy) is 4. The molecule has 0 aliphatic carbocycles. The molecule has 0 atom stereocenters. The molecule has 0 radical (unpaired) electrons. The van der Waals surface area contributed by atoms with E-state index in [1.807, 2.05) is 91.0 Å². The summed E-state index contributed by atoms with van der Waals surface area (Å²) in [7, 11) is 0. The van der Waals surface area contributed by atoms with Crippen LogP contribution in [0.25, 0.3) is 0 Å². The van der Waals surface area contributed by atoms with E-state index in [4.69, 9.17) is 18.9 Å². The van der Waals surface area contributed by atoms with Gasteiger partial charge in [0.1, 0.15) is 48.4 Å².